The van der Waals surface area contributed by atoms with E-state index >= 15 is 0 Å². The number of guanidine groups is 1. The molecule has 0 bridgehead atoms. The Hall–Kier alpha value is -1.47. The minimum absolute atomic E-state index is 0. The first kappa shape index (κ1) is 24.8. The predicted molar refractivity (Wildman–Crippen MR) is 130 cm³/mol. The van der Waals surface area contributed by atoms with Crippen LogP contribution >= 0.6 is 35.3 Å². The smallest absolute Gasteiger partial charge is 0.345 e. The molecule has 1 aliphatic heterocycles. The third-order valence-electron chi connectivity index (χ3n) is 5.10. The average Bonchev–Trinajstić information content (AvgIpc) is 3.32. The van der Waals surface area contributed by atoms with Crippen LogP contribution in [0.5, 0.6) is 0 Å². The van der Waals surface area contributed by atoms with Gasteiger partial charge in [-0.1, -0.05) is 0 Å². The summed E-state index contributed by atoms with van der Waals surface area (Å²) >= 11 is 1.61. The van der Waals surface area contributed by atoms with E-state index in [4.69, 9.17) is 4.74 Å². The molecule has 3 heterocycles. The molecule has 1 atom stereocenters. The van der Waals surface area contributed by atoms with Crippen molar-refractivity contribution in [2.75, 3.05) is 27.7 Å². The van der Waals surface area contributed by atoms with Crippen molar-refractivity contribution in [3.8, 4) is 0 Å². The van der Waals surface area contributed by atoms with Crippen molar-refractivity contribution >= 4 is 41.3 Å². The third kappa shape index (κ3) is 6.03. The standard InChI is InChI=1S/C19H31N7O2S.HI/c1-14(28-4)17-22-15(13-29-17)12-24(3)18(20-2)21-9-7-11-26-19(27)25-10-6-5-8-16(25)23-26;/h13-14H,5-12H2,1-4H3,(H,20,21);1H. The van der Waals surface area contributed by atoms with Crippen LogP contribution in [0, 0.1) is 0 Å². The Morgan fingerprint density at radius 1 is 1.47 bits per heavy atom. The average molecular weight is 549 g/mol. The van der Waals surface area contributed by atoms with Gasteiger partial charge < -0.3 is 15.0 Å². The number of fused-ring (bicyclic) bond motifs is 1. The van der Waals surface area contributed by atoms with Crippen LogP contribution in [0.25, 0.3) is 0 Å². The number of hydrogen-bond donors (Lipinski definition) is 1. The lowest BCUT2D eigenvalue weighted by Crippen LogP contribution is -2.39. The summed E-state index contributed by atoms with van der Waals surface area (Å²) in [6.45, 7) is 4.78. The van der Waals surface area contributed by atoms with E-state index in [1.165, 1.54) is 0 Å². The van der Waals surface area contributed by atoms with E-state index in [0.717, 1.165) is 54.7 Å². The molecular formula is C19H32IN7O2S. The van der Waals surface area contributed by atoms with Gasteiger partial charge in [-0.3, -0.25) is 9.56 Å². The predicted octanol–water partition coefficient (Wildman–Crippen LogP) is 2.26. The van der Waals surface area contributed by atoms with Gasteiger partial charge in [0.15, 0.2) is 5.96 Å². The van der Waals surface area contributed by atoms with Crippen molar-refractivity contribution in [1.82, 2.24) is 29.5 Å². The second kappa shape index (κ2) is 11.8. The van der Waals surface area contributed by atoms with Gasteiger partial charge >= 0.3 is 5.69 Å². The Labute approximate surface area is 198 Å². The van der Waals surface area contributed by atoms with E-state index in [9.17, 15) is 4.79 Å². The molecule has 1 unspecified atom stereocenters. The van der Waals surface area contributed by atoms with Crippen LogP contribution in [0.2, 0.25) is 0 Å². The van der Waals surface area contributed by atoms with Gasteiger partial charge in [-0.15, -0.1) is 35.3 Å². The number of aryl methyl sites for hydroxylation is 2. The van der Waals surface area contributed by atoms with E-state index in [2.05, 4.69) is 25.8 Å². The fourth-order valence-corrected chi connectivity index (χ4v) is 4.25. The molecule has 0 radical (unpaired) electrons. The zero-order chi connectivity index (χ0) is 20.8. The van der Waals surface area contributed by atoms with Gasteiger partial charge in [0.2, 0.25) is 0 Å². The van der Waals surface area contributed by atoms with Crippen LogP contribution in [0.4, 0.5) is 0 Å². The van der Waals surface area contributed by atoms with Crippen LogP contribution in [0.3, 0.4) is 0 Å². The van der Waals surface area contributed by atoms with Crippen LogP contribution in [-0.2, 0) is 30.8 Å². The Kier molecular flexibility index (Phi) is 9.75. The van der Waals surface area contributed by atoms with E-state index < -0.39 is 0 Å². The highest BCUT2D eigenvalue weighted by Crippen LogP contribution is 2.20. The minimum atomic E-state index is 0. The van der Waals surface area contributed by atoms with Crippen molar-refractivity contribution in [2.24, 2.45) is 4.99 Å². The molecule has 2 aromatic heterocycles. The van der Waals surface area contributed by atoms with Gasteiger partial charge in [-0.05, 0) is 26.2 Å². The zero-order valence-corrected chi connectivity index (χ0v) is 21.3. The summed E-state index contributed by atoms with van der Waals surface area (Å²) in [7, 11) is 5.45. The molecule has 0 saturated heterocycles. The quantitative estimate of drug-likeness (QED) is 0.235. The lowest BCUT2D eigenvalue weighted by Gasteiger charge is -2.21. The molecule has 2 aromatic rings. The van der Waals surface area contributed by atoms with Gasteiger partial charge in [-0.2, -0.15) is 5.10 Å². The first-order chi connectivity index (χ1) is 14.0. The molecule has 0 aliphatic carbocycles. The van der Waals surface area contributed by atoms with Gasteiger partial charge in [0.1, 0.15) is 16.9 Å². The number of nitrogens with zero attached hydrogens (tertiary/aromatic N) is 6. The number of nitrogens with one attached hydrogen (secondary N) is 1. The van der Waals surface area contributed by atoms with Crippen molar-refractivity contribution in [1.29, 1.82) is 0 Å². The first-order valence-corrected chi connectivity index (χ1v) is 11.0. The zero-order valence-electron chi connectivity index (χ0n) is 18.1. The molecule has 0 amide bonds. The number of ether oxygens (including phenoxy) is 1. The van der Waals surface area contributed by atoms with Gasteiger partial charge in [0.05, 0.1) is 12.2 Å². The normalized spacial score (nSPS) is 14.7. The van der Waals surface area contributed by atoms with Crippen LogP contribution < -0.4 is 11.0 Å². The Bertz CT molecular complexity index is 892. The SMILES string of the molecule is CN=C(NCCCn1nc2n(c1=O)CCCC2)N(C)Cc1csc(C(C)OC)n1.I. The number of aromatic nitrogens is 4. The number of methoxy groups -OCH3 is 1. The van der Waals surface area contributed by atoms with E-state index in [-0.39, 0.29) is 35.8 Å². The van der Waals surface area contributed by atoms with Crippen molar-refractivity contribution in [3.63, 3.8) is 0 Å². The summed E-state index contributed by atoms with van der Waals surface area (Å²) in [6.07, 6.45) is 3.89. The minimum Gasteiger partial charge on any atom is -0.375 e. The highest BCUT2D eigenvalue weighted by molar-refractivity contribution is 14.0. The molecule has 168 valence electrons. The van der Waals surface area contributed by atoms with Crippen molar-refractivity contribution in [3.05, 3.63) is 32.4 Å². The number of thiazole rings is 1. The summed E-state index contributed by atoms with van der Waals surface area (Å²) in [5.74, 6) is 1.73. The maximum absolute atomic E-state index is 12.4. The van der Waals surface area contributed by atoms with E-state index in [0.29, 0.717) is 19.6 Å². The number of rotatable bonds is 8. The molecule has 1 N–H and O–H groups in total. The third-order valence-corrected chi connectivity index (χ3v) is 6.16. The number of hydrogen-bond acceptors (Lipinski definition) is 6. The molecule has 1 aliphatic rings. The molecule has 11 heteroatoms. The molecule has 0 fully saturated rings. The molecule has 0 aromatic carbocycles. The Morgan fingerprint density at radius 3 is 2.97 bits per heavy atom. The monoisotopic (exact) mass is 549 g/mol. The largest absolute Gasteiger partial charge is 0.375 e. The van der Waals surface area contributed by atoms with Gasteiger partial charge in [0, 0.05) is 52.6 Å². The highest BCUT2D eigenvalue weighted by Gasteiger charge is 2.16. The first-order valence-electron chi connectivity index (χ1n) is 10.1. The summed E-state index contributed by atoms with van der Waals surface area (Å²) in [6, 6.07) is 0. The summed E-state index contributed by atoms with van der Waals surface area (Å²) < 4.78 is 8.74. The van der Waals surface area contributed by atoms with Crippen LogP contribution in [0.1, 0.15) is 48.8 Å². The molecular weight excluding hydrogens is 517 g/mol. The summed E-state index contributed by atoms with van der Waals surface area (Å²) in [4.78, 5) is 23.4. The van der Waals surface area contributed by atoms with Crippen molar-refractivity contribution in [2.45, 2.75) is 58.3 Å². The number of halogens is 1. The summed E-state index contributed by atoms with van der Waals surface area (Å²) in [5, 5.41) is 10.9. The second-order valence-corrected chi connectivity index (χ2v) is 8.16. The molecule has 9 nitrogen and oxygen atoms in total. The fraction of sp³-hybridized carbons (Fsp3) is 0.684. The maximum atomic E-state index is 12.4. The maximum Gasteiger partial charge on any atom is 0.345 e. The lowest BCUT2D eigenvalue weighted by molar-refractivity contribution is 0.119. The van der Waals surface area contributed by atoms with Crippen LogP contribution in [0.15, 0.2) is 15.2 Å². The molecule has 0 saturated carbocycles. The van der Waals surface area contributed by atoms with Gasteiger partial charge in [0.25, 0.3) is 0 Å². The lowest BCUT2D eigenvalue weighted by atomic mass is 10.2. The topological polar surface area (TPSA) is 89.6 Å². The van der Waals surface area contributed by atoms with E-state index in [1.807, 2.05) is 23.4 Å². The van der Waals surface area contributed by atoms with Crippen LogP contribution in [-0.4, -0.2) is 57.9 Å². The Morgan fingerprint density at radius 2 is 2.27 bits per heavy atom. The highest BCUT2D eigenvalue weighted by atomic mass is 127. The fourth-order valence-electron chi connectivity index (χ4n) is 3.41. The number of aliphatic imine (C=N–C) groups is 1. The second-order valence-electron chi connectivity index (χ2n) is 7.27. The van der Waals surface area contributed by atoms with Crippen molar-refractivity contribution < 1.29 is 4.74 Å². The summed E-state index contributed by atoms with van der Waals surface area (Å²) in [5.41, 5.74) is 1.01. The molecule has 30 heavy (non-hydrogen) atoms. The van der Waals surface area contributed by atoms with E-state index in [1.54, 1.807) is 30.2 Å². The molecule has 0 spiro atoms. The molecule has 3 rings (SSSR count). The van der Waals surface area contributed by atoms with Gasteiger partial charge in [-0.25, -0.2) is 14.5 Å². The Balaban J connectivity index is 0.00000320.